The molecule has 1 aliphatic rings. The molecule has 1 saturated heterocycles. The zero-order valence-electron chi connectivity index (χ0n) is 17.3. The lowest BCUT2D eigenvalue weighted by molar-refractivity contribution is 0.0376. The Labute approximate surface area is 179 Å². The lowest BCUT2D eigenvalue weighted by atomic mass is 10.3. The number of carbonyl (C=O) groups is 1. The first-order chi connectivity index (χ1) is 14.5. The van der Waals surface area contributed by atoms with Gasteiger partial charge in [0.2, 0.25) is 0 Å². The third kappa shape index (κ3) is 4.53. The van der Waals surface area contributed by atoms with Crippen molar-refractivity contribution in [1.29, 1.82) is 0 Å². The van der Waals surface area contributed by atoms with Crippen molar-refractivity contribution in [3.05, 3.63) is 41.5 Å². The third-order valence-corrected chi connectivity index (χ3v) is 6.24. The minimum absolute atomic E-state index is 0.126. The molecule has 1 aliphatic heterocycles. The van der Waals surface area contributed by atoms with Crippen LogP contribution < -0.4 is 4.90 Å². The van der Waals surface area contributed by atoms with Crippen molar-refractivity contribution in [3.8, 4) is 0 Å². The van der Waals surface area contributed by atoms with E-state index in [-0.39, 0.29) is 11.7 Å². The smallest absolute Gasteiger partial charge is 0.278 e. The first-order valence-electron chi connectivity index (χ1n) is 10.3. The van der Waals surface area contributed by atoms with E-state index in [0.717, 1.165) is 49.7 Å². The monoisotopic (exact) mass is 431 g/mol. The molecular weight excluding hydrogens is 405 g/mol. The van der Waals surface area contributed by atoms with Crippen molar-refractivity contribution >= 4 is 32.6 Å². The van der Waals surface area contributed by atoms with Crippen LogP contribution >= 0.6 is 11.3 Å². The molecule has 160 valence electrons. The second-order valence-corrected chi connectivity index (χ2v) is 8.37. The maximum atomic E-state index is 13.7. The number of benzene rings is 1. The van der Waals surface area contributed by atoms with Gasteiger partial charge in [-0.15, -0.1) is 0 Å². The van der Waals surface area contributed by atoms with Gasteiger partial charge in [-0.2, -0.15) is 5.10 Å². The molecule has 0 unspecified atom stereocenters. The van der Waals surface area contributed by atoms with Gasteiger partial charge in [0.05, 0.1) is 29.1 Å². The zero-order chi connectivity index (χ0) is 21.1. The number of morpholine rings is 1. The van der Waals surface area contributed by atoms with E-state index in [4.69, 9.17) is 4.74 Å². The van der Waals surface area contributed by atoms with Crippen LogP contribution in [0.5, 0.6) is 0 Å². The number of rotatable bonds is 7. The highest BCUT2D eigenvalue weighted by Gasteiger charge is 2.25. The van der Waals surface area contributed by atoms with Crippen LogP contribution in [0.2, 0.25) is 0 Å². The van der Waals surface area contributed by atoms with Crippen LogP contribution in [0.15, 0.2) is 24.3 Å². The number of anilines is 1. The molecule has 30 heavy (non-hydrogen) atoms. The fraction of sp³-hybridized carbons (Fsp3) is 0.476. The Morgan fingerprint density at radius 2 is 2.10 bits per heavy atom. The minimum Gasteiger partial charge on any atom is -0.379 e. The number of ether oxygens (including phenoxy) is 1. The first-order valence-corrected chi connectivity index (χ1v) is 11.1. The van der Waals surface area contributed by atoms with E-state index < -0.39 is 0 Å². The summed E-state index contributed by atoms with van der Waals surface area (Å²) in [6.45, 7) is 9.21. The van der Waals surface area contributed by atoms with Gasteiger partial charge in [-0.05, 0) is 44.5 Å². The van der Waals surface area contributed by atoms with Gasteiger partial charge in [0, 0.05) is 32.7 Å². The average molecular weight is 432 g/mol. The molecule has 0 N–H and O–H groups in total. The number of hydrogen-bond donors (Lipinski definition) is 0. The van der Waals surface area contributed by atoms with Crippen molar-refractivity contribution < 1.29 is 13.9 Å². The molecule has 0 radical (unpaired) electrons. The molecule has 1 amide bonds. The van der Waals surface area contributed by atoms with E-state index in [2.05, 4.69) is 15.0 Å². The summed E-state index contributed by atoms with van der Waals surface area (Å²) in [5.74, 6) is -0.429. The van der Waals surface area contributed by atoms with Crippen LogP contribution in [-0.4, -0.2) is 65.0 Å². The summed E-state index contributed by atoms with van der Waals surface area (Å²) in [5, 5.41) is 5.00. The fourth-order valence-corrected chi connectivity index (χ4v) is 4.67. The number of amides is 1. The second-order valence-electron chi connectivity index (χ2n) is 7.36. The van der Waals surface area contributed by atoms with Crippen LogP contribution in [0.4, 0.5) is 9.52 Å². The van der Waals surface area contributed by atoms with Gasteiger partial charge in [-0.1, -0.05) is 11.3 Å². The van der Waals surface area contributed by atoms with Crippen molar-refractivity contribution in [2.45, 2.75) is 26.8 Å². The average Bonchev–Trinajstić information content (AvgIpc) is 3.34. The van der Waals surface area contributed by atoms with Gasteiger partial charge in [-0.25, -0.2) is 9.37 Å². The Morgan fingerprint density at radius 1 is 1.30 bits per heavy atom. The highest BCUT2D eigenvalue weighted by atomic mass is 32.1. The zero-order valence-corrected chi connectivity index (χ0v) is 18.1. The van der Waals surface area contributed by atoms with E-state index >= 15 is 0 Å². The summed E-state index contributed by atoms with van der Waals surface area (Å²) in [6, 6.07) is 6.33. The van der Waals surface area contributed by atoms with Gasteiger partial charge >= 0.3 is 0 Å². The first kappa shape index (κ1) is 20.9. The van der Waals surface area contributed by atoms with E-state index in [1.165, 1.54) is 23.5 Å². The number of carbonyl (C=O) groups excluding carboxylic acids is 1. The molecule has 2 aromatic heterocycles. The molecule has 4 rings (SSSR count). The summed E-state index contributed by atoms with van der Waals surface area (Å²) in [6.07, 6.45) is 0.815. The Hall–Kier alpha value is -2.36. The molecule has 0 saturated carbocycles. The van der Waals surface area contributed by atoms with Crippen molar-refractivity contribution in [2.75, 3.05) is 44.3 Å². The molecule has 0 bridgehead atoms. The molecule has 0 spiro atoms. The van der Waals surface area contributed by atoms with Crippen LogP contribution in [0, 0.1) is 12.7 Å². The standard InChI is InChI=1S/C21H26FN5O2S/c1-3-27-18(13-15(2)24-27)20(28)26(8-4-7-25-9-11-29-12-10-25)21-23-17-6-5-16(22)14-19(17)30-21/h5-6,13-14H,3-4,7-12H2,1-2H3. The van der Waals surface area contributed by atoms with Gasteiger partial charge < -0.3 is 4.74 Å². The Balaban J connectivity index is 1.60. The lowest BCUT2D eigenvalue weighted by Crippen LogP contribution is -2.39. The second kappa shape index (κ2) is 9.20. The predicted molar refractivity (Wildman–Crippen MR) is 116 cm³/mol. The molecule has 3 aromatic rings. The van der Waals surface area contributed by atoms with Gasteiger partial charge in [0.25, 0.3) is 5.91 Å². The maximum absolute atomic E-state index is 13.7. The highest BCUT2D eigenvalue weighted by molar-refractivity contribution is 7.22. The minimum atomic E-state index is -0.303. The molecule has 0 aliphatic carbocycles. The summed E-state index contributed by atoms with van der Waals surface area (Å²) in [4.78, 5) is 22.2. The summed E-state index contributed by atoms with van der Waals surface area (Å²) in [7, 11) is 0. The van der Waals surface area contributed by atoms with Crippen molar-refractivity contribution in [2.24, 2.45) is 0 Å². The van der Waals surface area contributed by atoms with E-state index in [1.54, 1.807) is 15.6 Å². The van der Waals surface area contributed by atoms with Gasteiger partial charge in [-0.3, -0.25) is 19.3 Å². The third-order valence-electron chi connectivity index (χ3n) is 5.20. The van der Waals surface area contributed by atoms with Crippen LogP contribution in [-0.2, 0) is 11.3 Å². The molecule has 1 fully saturated rings. The predicted octanol–water partition coefficient (Wildman–Crippen LogP) is 3.33. The van der Waals surface area contributed by atoms with Crippen LogP contribution in [0.25, 0.3) is 10.2 Å². The van der Waals surface area contributed by atoms with Crippen LogP contribution in [0.3, 0.4) is 0 Å². The normalized spacial score (nSPS) is 15.0. The molecule has 7 nitrogen and oxygen atoms in total. The number of thiazole rings is 1. The summed E-state index contributed by atoms with van der Waals surface area (Å²) < 4.78 is 21.5. The number of halogens is 1. The number of nitrogens with zero attached hydrogens (tertiary/aromatic N) is 5. The Kier molecular flexibility index (Phi) is 6.40. The SMILES string of the molecule is CCn1nc(C)cc1C(=O)N(CCCN1CCOCC1)c1nc2ccc(F)cc2s1. The lowest BCUT2D eigenvalue weighted by Gasteiger charge is -2.27. The molecule has 0 atom stereocenters. The molecule has 9 heteroatoms. The highest BCUT2D eigenvalue weighted by Crippen LogP contribution is 2.30. The maximum Gasteiger partial charge on any atom is 0.278 e. The fourth-order valence-electron chi connectivity index (χ4n) is 3.66. The van der Waals surface area contributed by atoms with Gasteiger partial charge in [0.15, 0.2) is 5.13 Å². The van der Waals surface area contributed by atoms with Gasteiger partial charge in [0.1, 0.15) is 11.5 Å². The quantitative estimate of drug-likeness (QED) is 0.574. The largest absolute Gasteiger partial charge is 0.379 e. The van der Waals surface area contributed by atoms with E-state index in [9.17, 15) is 9.18 Å². The molecule has 1 aromatic carbocycles. The molecule has 3 heterocycles. The Morgan fingerprint density at radius 3 is 2.87 bits per heavy atom. The number of aryl methyl sites for hydroxylation is 2. The van der Waals surface area contributed by atoms with Crippen LogP contribution in [0.1, 0.15) is 29.5 Å². The van der Waals surface area contributed by atoms with E-state index in [0.29, 0.717) is 29.4 Å². The van der Waals surface area contributed by atoms with Crippen molar-refractivity contribution in [1.82, 2.24) is 19.7 Å². The number of fused-ring (bicyclic) bond motifs is 1. The number of aromatic nitrogens is 3. The Bertz CT molecular complexity index is 1030. The summed E-state index contributed by atoms with van der Waals surface area (Å²) in [5.41, 5.74) is 2.05. The van der Waals surface area contributed by atoms with Crippen molar-refractivity contribution in [3.63, 3.8) is 0 Å². The summed E-state index contributed by atoms with van der Waals surface area (Å²) >= 11 is 1.34. The van der Waals surface area contributed by atoms with E-state index in [1.807, 2.05) is 19.9 Å². The number of hydrogen-bond acceptors (Lipinski definition) is 6. The topological polar surface area (TPSA) is 63.5 Å². The molecular formula is C21H26FN5O2S.